The lowest BCUT2D eigenvalue weighted by molar-refractivity contribution is 0.109. The zero-order chi connectivity index (χ0) is 19.9. The van der Waals surface area contributed by atoms with E-state index in [1.165, 1.54) is 43.5 Å². The highest BCUT2D eigenvalue weighted by atomic mass is 15.2. The number of likely N-dealkylation sites (tertiary alicyclic amines) is 1. The number of hydrogen-bond donors (Lipinski definition) is 0. The molecule has 1 aliphatic rings. The van der Waals surface area contributed by atoms with Gasteiger partial charge in [-0.05, 0) is 73.0 Å². The lowest BCUT2D eigenvalue weighted by atomic mass is 10.0. The van der Waals surface area contributed by atoms with Gasteiger partial charge in [0.15, 0.2) is 5.82 Å². The fourth-order valence-corrected chi connectivity index (χ4v) is 3.98. The average Bonchev–Trinajstić information content (AvgIpc) is 2.68. The van der Waals surface area contributed by atoms with E-state index in [0.29, 0.717) is 6.04 Å². The van der Waals surface area contributed by atoms with Crippen molar-refractivity contribution in [1.29, 1.82) is 0 Å². The maximum Gasteiger partial charge on any atom is 0.159 e. The molecule has 0 N–H and O–H groups in total. The second kappa shape index (κ2) is 10.1. The Morgan fingerprint density at radius 3 is 2.61 bits per heavy atom. The molecule has 3 rings (SSSR count). The van der Waals surface area contributed by atoms with Crippen LogP contribution in [0.2, 0.25) is 0 Å². The molecule has 1 saturated heterocycles. The summed E-state index contributed by atoms with van der Waals surface area (Å²) in [6, 6.07) is 9.02. The number of piperidine rings is 1. The van der Waals surface area contributed by atoms with Crippen LogP contribution in [0.5, 0.6) is 0 Å². The fourth-order valence-electron chi connectivity index (χ4n) is 3.98. The highest BCUT2D eigenvalue weighted by molar-refractivity contribution is 5.55. The zero-order valence-electron chi connectivity index (χ0n) is 17.9. The number of rotatable bonds is 8. The lowest BCUT2D eigenvalue weighted by Gasteiger charge is -2.37. The minimum atomic E-state index is 0.656. The summed E-state index contributed by atoms with van der Waals surface area (Å²) in [6.45, 7) is 7.68. The van der Waals surface area contributed by atoms with Crippen LogP contribution < -0.4 is 0 Å². The van der Waals surface area contributed by atoms with Crippen molar-refractivity contribution in [3.63, 3.8) is 0 Å². The van der Waals surface area contributed by atoms with Crippen molar-refractivity contribution in [3.8, 4) is 11.4 Å². The Bertz CT molecular complexity index is 728. The normalized spacial score (nSPS) is 18.1. The van der Waals surface area contributed by atoms with Crippen LogP contribution in [-0.2, 0) is 6.54 Å². The van der Waals surface area contributed by atoms with Gasteiger partial charge in [0.1, 0.15) is 0 Å². The molecule has 28 heavy (non-hydrogen) atoms. The van der Waals surface area contributed by atoms with Gasteiger partial charge in [0, 0.05) is 42.7 Å². The van der Waals surface area contributed by atoms with Crippen LogP contribution in [0.3, 0.4) is 0 Å². The Morgan fingerprint density at radius 2 is 1.89 bits per heavy atom. The van der Waals surface area contributed by atoms with Crippen molar-refractivity contribution in [3.05, 3.63) is 47.8 Å². The molecule has 1 aromatic carbocycles. The molecule has 0 amide bonds. The largest absolute Gasteiger partial charge is 0.309 e. The van der Waals surface area contributed by atoms with E-state index in [0.717, 1.165) is 31.0 Å². The molecule has 1 aromatic heterocycles. The van der Waals surface area contributed by atoms with Gasteiger partial charge in [0.05, 0.1) is 0 Å². The summed E-state index contributed by atoms with van der Waals surface area (Å²) in [5, 5.41) is 0. The lowest BCUT2D eigenvalue weighted by Crippen LogP contribution is -2.46. The highest BCUT2D eigenvalue weighted by Crippen LogP contribution is 2.19. The molecule has 2 aromatic rings. The number of aryl methyl sites for hydroxylation is 1. The van der Waals surface area contributed by atoms with Gasteiger partial charge in [-0.3, -0.25) is 4.90 Å². The van der Waals surface area contributed by atoms with Crippen LogP contribution in [0.15, 0.2) is 36.7 Å². The number of nitrogens with zero attached hydrogens (tertiary/aromatic N) is 5. The number of likely N-dealkylation sites (N-methyl/N-ethyl adjacent to an activating group) is 1. The molecule has 0 spiro atoms. The fraction of sp³-hybridized carbons (Fsp3) is 0.565. The van der Waals surface area contributed by atoms with Gasteiger partial charge in [-0.1, -0.05) is 23.8 Å². The molecule has 152 valence electrons. The molecule has 1 aliphatic heterocycles. The van der Waals surface area contributed by atoms with Gasteiger partial charge in [-0.25, -0.2) is 9.97 Å². The third-order valence-corrected chi connectivity index (χ3v) is 5.61. The first-order valence-corrected chi connectivity index (χ1v) is 10.5. The van der Waals surface area contributed by atoms with E-state index in [1.54, 1.807) is 0 Å². The Labute approximate surface area is 170 Å². The van der Waals surface area contributed by atoms with Gasteiger partial charge in [0.2, 0.25) is 0 Å². The molecule has 0 bridgehead atoms. The summed E-state index contributed by atoms with van der Waals surface area (Å²) in [4.78, 5) is 16.6. The Kier molecular flexibility index (Phi) is 7.54. The van der Waals surface area contributed by atoms with E-state index >= 15 is 0 Å². The van der Waals surface area contributed by atoms with Crippen molar-refractivity contribution < 1.29 is 0 Å². The van der Waals surface area contributed by atoms with Crippen LogP contribution in [-0.4, -0.2) is 78.0 Å². The predicted molar refractivity (Wildman–Crippen MR) is 116 cm³/mol. The topological polar surface area (TPSA) is 35.5 Å². The molecular weight excluding hydrogens is 346 g/mol. The van der Waals surface area contributed by atoms with Crippen LogP contribution in [0, 0.1) is 6.92 Å². The van der Waals surface area contributed by atoms with Crippen molar-refractivity contribution in [2.75, 3.05) is 47.3 Å². The van der Waals surface area contributed by atoms with E-state index < -0.39 is 0 Å². The van der Waals surface area contributed by atoms with Crippen molar-refractivity contribution in [2.24, 2.45) is 0 Å². The zero-order valence-corrected chi connectivity index (χ0v) is 17.9. The predicted octanol–water partition coefficient (Wildman–Crippen LogP) is 3.30. The molecule has 2 heterocycles. The van der Waals surface area contributed by atoms with Gasteiger partial charge in [0.25, 0.3) is 0 Å². The van der Waals surface area contributed by atoms with E-state index in [1.807, 2.05) is 12.4 Å². The van der Waals surface area contributed by atoms with Gasteiger partial charge < -0.3 is 9.80 Å². The second-order valence-corrected chi connectivity index (χ2v) is 8.45. The minimum Gasteiger partial charge on any atom is -0.309 e. The monoisotopic (exact) mass is 381 g/mol. The third-order valence-electron chi connectivity index (χ3n) is 5.61. The van der Waals surface area contributed by atoms with Gasteiger partial charge >= 0.3 is 0 Å². The minimum absolute atomic E-state index is 0.656. The summed E-state index contributed by atoms with van der Waals surface area (Å²) < 4.78 is 0. The van der Waals surface area contributed by atoms with Gasteiger partial charge in [-0.15, -0.1) is 0 Å². The molecule has 0 aliphatic carbocycles. The smallest absolute Gasteiger partial charge is 0.159 e. The van der Waals surface area contributed by atoms with E-state index in [9.17, 15) is 0 Å². The van der Waals surface area contributed by atoms with Crippen LogP contribution in [0.4, 0.5) is 0 Å². The second-order valence-electron chi connectivity index (χ2n) is 8.45. The Balaban J connectivity index is 1.53. The summed E-state index contributed by atoms with van der Waals surface area (Å²) >= 11 is 0. The van der Waals surface area contributed by atoms with E-state index in [-0.39, 0.29) is 0 Å². The third kappa shape index (κ3) is 6.09. The van der Waals surface area contributed by atoms with Crippen LogP contribution in [0.1, 0.15) is 30.4 Å². The molecule has 0 saturated carbocycles. The van der Waals surface area contributed by atoms with E-state index in [2.05, 4.69) is 77.0 Å². The van der Waals surface area contributed by atoms with Gasteiger partial charge in [-0.2, -0.15) is 0 Å². The number of hydrogen-bond acceptors (Lipinski definition) is 5. The summed E-state index contributed by atoms with van der Waals surface area (Å²) in [5.74, 6) is 0.810. The first-order chi connectivity index (χ1) is 13.5. The molecule has 5 nitrogen and oxygen atoms in total. The average molecular weight is 382 g/mol. The standard InChI is InChI=1S/C23H35N5/c1-19-8-5-9-21(14-19)23-24-15-20(16-25-23)17-28-13-6-10-22(18-28)27(4)12-7-11-26(2)3/h5,8-9,14-16,22H,6-7,10-13,17-18H2,1-4H3. The summed E-state index contributed by atoms with van der Waals surface area (Å²) in [5.41, 5.74) is 3.52. The molecule has 0 radical (unpaired) electrons. The number of benzene rings is 1. The Hall–Kier alpha value is -1.82. The first kappa shape index (κ1) is 20.9. The van der Waals surface area contributed by atoms with Crippen molar-refractivity contribution >= 4 is 0 Å². The van der Waals surface area contributed by atoms with E-state index in [4.69, 9.17) is 0 Å². The SMILES string of the molecule is Cc1cccc(-c2ncc(CN3CCCC(N(C)CCCN(C)C)C3)cn2)c1. The molecule has 1 atom stereocenters. The number of aromatic nitrogens is 2. The van der Waals surface area contributed by atoms with Crippen molar-refractivity contribution in [1.82, 2.24) is 24.7 Å². The maximum absolute atomic E-state index is 4.61. The summed E-state index contributed by atoms with van der Waals surface area (Å²) in [6.07, 6.45) is 7.79. The van der Waals surface area contributed by atoms with Crippen LogP contribution in [0.25, 0.3) is 11.4 Å². The quantitative estimate of drug-likeness (QED) is 0.701. The van der Waals surface area contributed by atoms with Crippen LogP contribution >= 0.6 is 0 Å². The molecular formula is C23H35N5. The Morgan fingerprint density at radius 1 is 1.11 bits per heavy atom. The molecule has 1 fully saturated rings. The molecule has 1 unspecified atom stereocenters. The molecule has 5 heteroatoms. The maximum atomic E-state index is 4.61. The summed E-state index contributed by atoms with van der Waals surface area (Å²) in [7, 11) is 6.58. The van der Waals surface area contributed by atoms with Crippen molar-refractivity contribution in [2.45, 2.75) is 38.8 Å². The first-order valence-electron chi connectivity index (χ1n) is 10.5. The highest BCUT2D eigenvalue weighted by Gasteiger charge is 2.23.